The number of Topliss-reactive ketones (excluding diaryl/α,β-unsaturated/α-hetero) is 1. The summed E-state index contributed by atoms with van der Waals surface area (Å²) in [5, 5.41) is 18.3. The molecule has 2 aliphatic rings. The van der Waals surface area contributed by atoms with Crippen molar-refractivity contribution >= 4 is 11.8 Å². The van der Waals surface area contributed by atoms with Gasteiger partial charge in [0.05, 0.1) is 11.6 Å². The number of ketones is 1. The minimum Gasteiger partial charge on any atom is -0.476 e. The van der Waals surface area contributed by atoms with Crippen LogP contribution >= 0.6 is 0 Å². The fraction of sp³-hybridized carbons (Fsp3) is 0.100. The third kappa shape index (κ3) is 1.77. The van der Waals surface area contributed by atoms with Gasteiger partial charge < -0.3 is 5.11 Å². The summed E-state index contributed by atoms with van der Waals surface area (Å²) in [5.41, 5.74) is 0.836. The van der Waals surface area contributed by atoms with Crippen LogP contribution in [-0.4, -0.2) is 16.9 Å². The highest BCUT2D eigenvalue weighted by Crippen LogP contribution is 2.13. The highest BCUT2D eigenvalue weighted by atomic mass is 16.4. The van der Waals surface area contributed by atoms with Crippen LogP contribution in [0.3, 0.4) is 0 Å². The van der Waals surface area contributed by atoms with E-state index in [9.17, 15) is 9.59 Å². The maximum absolute atomic E-state index is 9.54. The molecule has 0 bridgehead atoms. The van der Waals surface area contributed by atoms with E-state index in [-0.39, 0.29) is 0 Å². The molecule has 14 heavy (non-hydrogen) atoms. The number of nitrogens with zero attached hydrogens (tertiary/aromatic N) is 1. The predicted octanol–water partition coefficient (Wildman–Crippen LogP) is 0.819. The van der Waals surface area contributed by atoms with Crippen LogP contribution in [0.5, 0.6) is 0 Å². The number of rotatable bonds is 1. The molecule has 0 heterocycles. The first-order chi connectivity index (χ1) is 6.56. The van der Waals surface area contributed by atoms with Gasteiger partial charge in [0.25, 0.3) is 0 Å². The Hall–Kier alpha value is -2.15. The van der Waals surface area contributed by atoms with Crippen LogP contribution in [0, 0.1) is 21.8 Å². The van der Waals surface area contributed by atoms with Gasteiger partial charge in [-0.05, 0) is 16.5 Å². The highest BCUT2D eigenvalue weighted by molar-refractivity contribution is 6.31. The molecule has 4 heteroatoms. The van der Waals surface area contributed by atoms with Crippen molar-refractivity contribution in [1.82, 2.24) is 0 Å². The number of carboxylic acid groups (broad SMARTS) is 1. The molecule has 0 saturated carbocycles. The zero-order chi connectivity index (χ0) is 10.7. The van der Waals surface area contributed by atoms with E-state index < -0.39 is 11.8 Å². The van der Waals surface area contributed by atoms with Gasteiger partial charge in [-0.25, -0.2) is 4.79 Å². The van der Waals surface area contributed by atoms with Crippen LogP contribution in [0.4, 0.5) is 0 Å². The highest BCUT2D eigenvalue weighted by Gasteiger charge is 2.02. The molecule has 1 N–H and O–H groups in total. The summed E-state index contributed by atoms with van der Waals surface area (Å²) in [5.74, 6) is -2.20. The van der Waals surface area contributed by atoms with E-state index in [1.54, 1.807) is 0 Å². The smallest absolute Gasteiger partial charge is 0.371 e. The first kappa shape index (κ1) is 9.93. The summed E-state index contributed by atoms with van der Waals surface area (Å²) in [6, 6.07) is 7.96. The zero-order valence-electron chi connectivity index (χ0n) is 7.44. The summed E-state index contributed by atoms with van der Waals surface area (Å²) in [6.45, 7) is 1.00. The molecule has 0 saturated heterocycles. The molecular formula is C10H7NO3. The largest absolute Gasteiger partial charge is 0.476 e. The van der Waals surface area contributed by atoms with Gasteiger partial charge in [0.15, 0.2) is 0 Å². The van der Waals surface area contributed by atoms with Crippen LogP contribution in [0.25, 0.3) is 0 Å². The van der Waals surface area contributed by atoms with Gasteiger partial charge in [-0.2, -0.15) is 5.26 Å². The van der Waals surface area contributed by atoms with Crippen molar-refractivity contribution in [1.29, 1.82) is 5.26 Å². The Kier molecular flexibility index (Phi) is 2.63. The lowest BCUT2D eigenvalue weighted by atomic mass is 10.0. The van der Waals surface area contributed by atoms with E-state index in [4.69, 9.17) is 10.4 Å². The third-order valence-corrected chi connectivity index (χ3v) is 1.75. The molecule has 0 fully saturated rings. The van der Waals surface area contributed by atoms with E-state index >= 15 is 0 Å². The number of carboxylic acids is 1. The molecule has 0 radical (unpaired) electrons. The molecule has 70 valence electrons. The molecule has 2 rings (SSSR count). The van der Waals surface area contributed by atoms with E-state index in [1.807, 2.05) is 18.2 Å². The van der Waals surface area contributed by atoms with Crippen LogP contribution < -0.4 is 0 Å². The van der Waals surface area contributed by atoms with Gasteiger partial charge in [-0.3, -0.25) is 4.79 Å². The maximum Gasteiger partial charge on any atom is 0.371 e. The van der Waals surface area contributed by atoms with E-state index in [1.165, 1.54) is 5.22 Å². The topological polar surface area (TPSA) is 78.2 Å². The third-order valence-electron chi connectivity index (χ3n) is 1.75. The first-order valence-electron chi connectivity index (χ1n) is 3.84. The number of aliphatic carboxylic acids is 1. The number of nitriles is 1. The van der Waals surface area contributed by atoms with Crippen LogP contribution in [0.1, 0.15) is 12.5 Å². The Morgan fingerprint density at radius 3 is 2.07 bits per heavy atom. The molecule has 0 aromatic carbocycles. The average Bonchev–Trinajstić information content (AvgIpc) is 2.10. The number of carbonyl (C=O) groups is 2. The Morgan fingerprint density at radius 1 is 1.43 bits per heavy atom. The predicted molar refractivity (Wildman–Crippen MR) is 47.1 cm³/mol. The normalized spacial score (nSPS) is 9.14. The van der Waals surface area contributed by atoms with Crippen molar-refractivity contribution < 1.29 is 14.7 Å². The molecular weight excluding hydrogens is 182 g/mol. The van der Waals surface area contributed by atoms with Gasteiger partial charge in [-0.1, -0.05) is 12.1 Å². The number of hydrogen-bond donors (Lipinski definition) is 1. The van der Waals surface area contributed by atoms with Crippen LogP contribution in [0.2, 0.25) is 0 Å². The summed E-state index contributed by atoms with van der Waals surface area (Å²) in [7, 11) is 0. The quantitative estimate of drug-likeness (QED) is 0.673. The second-order valence-corrected chi connectivity index (χ2v) is 2.73. The SMILES string of the molecule is CC(=O)C(=O)O.N#Cc1cc2ccc1=2. The Bertz CT molecular complexity index is 513. The molecule has 0 unspecified atom stereocenters. The lowest BCUT2D eigenvalue weighted by Crippen LogP contribution is -2.05. The second-order valence-electron chi connectivity index (χ2n) is 2.73. The molecule has 0 aliphatic heterocycles. The van der Waals surface area contributed by atoms with Crippen molar-refractivity contribution in [2.24, 2.45) is 0 Å². The first-order valence-corrected chi connectivity index (χ1v) is 3.84. The monoisotopic (exact) mass is 189 g/mol. The molecule has 0 amide bonds. The fourth-order valence-corrected chi connectivity index (χ4v) is 0.882. The van der Waals surface area contributed by atoms with Crippen molar-refractivity contribution in [2.45, 2.75) is 6.92 Å². The van der Waals surface area contributed by atoms with Gasteiger partial charge >= 0.3 is 5.97 Å². The summed E-state index contributed by atoms with van der Waals surface area (Å²) < 4.78 is 0. The van der Waals surface area contributed by atoms with E-state index in [2.05, 4.69) is 6.07 Å². The number of carbonyl (C=O) groups excluding carboxylic acids is 1. The minimum absolute atomic E-state index is 0.824. The Balaban J connectivity index is 0.000000149. The van der Waals surface area contributed by atoms with E-state index in [0.29, 0.717) is 0 Å². The van der Waals surface area contributed by atoms with E-state index in [0.717, 1.165) is 17.7 Å². The van der Waals surface area contributed by atoms with Crippen molar-refractivity contribution in [3.63, 3.8) is 0 Å². The van der Waals surface area contributed by atoms with Gasteiger partial charge in [0.1, 0.15) is 0 Å². The average molecular weight is 189 g/mol. The summed E-state index contributed by atoms with van der Waals surface area (Å²) in [6.07, 6.45) is 0. The van der Waals surface area contributed by atoms with Crippen molar-refractivity contribution in [3.8, 4) is 6.07 Å². The lowest BCUT2D eigenvalue weighted by molar-refractivity contribution is -0.148. The van der Waals surface area contributed by atoms with Gasteiger partial charge in [0, 0.05) is 6.92 Å². The standard InChI is InChI=1S/C7H3N.C3H4O3/c8-4-6-3-5-1-2-7(5)6;1-2(4)3(5)6/h1-3H;1H3,(H,5,6). The molecule has 0 aromatic rings. The van der Waals surface area contributed by atoms with Gasteiger partial charge in [0.2, 0.25) is 5.78 Å². The number of hydrogen-bond acceptors (Lipinski definition) is 3. The second kappa shape index (κ2) is 3.71. The molecule has 0 aromatic heterocycles. The van der Waals surface area contributed by atoms with Crippen LogP contribution in [0.15, 0.2) is 18.2 Å². The number of benzene rings is 1. The lowest BCUT2D eigenvalue weighted by Gasteiger charge is -2.01. The zero-order valence-corrected chi connectivity index (χ0v) is 7.44. The minimum atomic E-state index is -1.38. The van der Waals surface area contributed by atoms with Crippen LogP contribution in [-0.2, 0) is 9.59 Å². The van der Waals surface area contributed by atoms with Crippen molar-refractivity contribution in [3.05, 3.63) is 34.2 Å². The Labute approximate surface area is 79.7 Å². The molecule has 4 nitrogen and oxygen atoms in total. The fourth-order valence-electron chi connectivity index (χ4n) is 0.882. The summed E-state index contributed by atoms with van der Waals surface area (Å²) in [4.78, 5) is 18.9. The Morgan fingerprint density at radius 2 is 2.00 bits per heavy atom. The summed E-state index contributed by atoms with van der Waals surface area (Å²) >= 11 is 0. The maximum atomic E-state index is 9.54. The van der Waals surface area contributed by atoms with Gasteiger partial charge in [-0.15, -0.1) is 0 Å². The molecule has 0 atom stereocenters. The molecule has 0 spiro atoms. The molecule has 2 aliphatic carbocycles. The van der Waals surface area contributed by atoms with Crippen molar-refractivity contribution in [2.75, 3.05) is 0 Å².